The lowest BCUT2D eigenvalue weighted by Crippen LogP contribution is -2.27. The fourth-order valence-corrected chi connectivity index (χ4v) is 2.47. The Kier molecular flexibility index (Phi) is 2.35. The molecule has 17 heavy (non-hydrogen) atoms. The van der Waals surface area contributed by atoms with Crippen LogP contribution in [0, 0.1) is 0 Å². The summed E-state index contributed by atoms with van der Waals surface area (Å²) in [6.07, 6.45) is 2.57. The number of anilines is 1. The number of hydrogen-bond donors (Lipinski definition) is 1. The molecule has 4 heteroatoms. The van der Waals surface area contributed by atoms with Crippen LogP contribution in [0.2, 0.25) is 0 Å². The van der Waals surface area contributed by atoms with Crippen LogP contribution >= 0.6 is 0 Å². The predicted molar refractivity (Wildman–Crippen MR) is 63.9 cm³/mol. The Balaban J connectivity index is 1.87. The second kappa shape index (κ2) is 3.87. The van der Waals surface area contributed by atoms with Crippen molar-refractivity contribution in [2.24, 2.45) is 0 Å². The largest absolute Gasteiger partial charge is 0.339 e. The summed E-state index contributed by atoms with van der Waals surface area (Å²) < 4.78 is 0. The number of nitrogens with one attached hydrogen (secondary N) is 1. The molecule has 1 aromatic carbocycles. The Morgan fingerprint density at radius 1 is 1.24 bits per heavy atom. The first-order valence-electron chi connectivity index (χ1n) is 5.96. The van der Waals surface area contributed by atoms with Crippen LogP contribution in [0.1, 0.15) is 28.8 Å². The minimum absolute atomic E-state index is 0.00534. The lowest BCUT2D eigenvalue weighted by Gasteiger charge is -2.15. The molecule has 2 heterocycles. The van der Waals surface area contributed by atoms with Gasteiger partial charge in [0.2, 0.25) is 5.91 Å². The van der Waals surface area contributed by atoms with E-state index in [-0.39, 0.29) is 11.8 Å². The molecule has 1 aromatic rings. The van der Waals surface area contributed by atoms with Crippen molar-refractivity contribution in [3.63, 3.8) is 0 Å². The molecule has 0 atom stereocenters. The Labute approximate surface area is 99.6 Å². The van der Waals surface area contributed by atoms with Crippen LogP contribution in [0.5, 0.6) is 0 Å². The molecule has 0 spiro atoms. The molecule has 3 rings (SSSR count). The molecule has 2 amide bonds. The summed E-state index contributed by atoms with van der Waals surface area (Å²) >= 11 is 0. The molecule has 0 bridgehead atoms. The van der Waals surface area contributed by atoms with E-state index < -0.39 is 0 Å². The van der Waals surface area contributed by atoms with Gasteiger partial charge in [-0.3, -0.25) is 9.59 Å². The highest BCUT2D eigenvalue weighted by Crippen LogP contribution is 2.25. The maximum atomic E-state index is 12.1. The van der Waals surface area contributed by atoms with Crippen LogP contribution in [0.3, 0.4) is 0 Å². The van der Waals surface area contributed by atoms with Crippen LogP contribution < -0.4 is 5.32 Å². The molecular weight excluding hydrogens is 216 g/mol. The van der Waals surface area contributed by atoms with Gasteiger partial charge >= 0.3 is 0 Å². The number of carbonyl (C=O) groups excluding carboxylic acids is 2. The summed E-state index contributed by atoms with van der Waals surface area (Å²) in [5, 5.41) is 2.77. The highest BCUT2D eigenvalue weighted by molar-refractivity contribution is 6.01. The van der Waals surface area contributed by atoms with Crippen molar-refractivity contribution in [2.45, 2.75) is 19.3 Å². The smallest absolute Gasteiger partial charge is 0.253 e. The second-order valence-corrected chi connectivity index (χ2v) is 4.60. The van der Waals surface area contributed by atoms with Crippen molar-refractivity contribution in [3.05, 3.63) is 29.3 Å². The number of likely N-dealkylation sites (tertiary alicyclic amines) is 1. The number of nitrogens with zero attached hydrogens (tertiary/aromatic N) is 1. The first kappa shape index (κ1) is 10.3. The van der Waals surface area contributed by atoms with Crippen LogP contribution in [-0.4, -0.2) is 29.8 Å². The third kappa shape index (κ3) is 1.79. The number of amides is 2. The van der Waals surface area contributed by atoms with Gasteiger partial charge in [0.25, 0.3) is 5.91 Å². The Morgan fingerprint density at radius 3 is 2.76 bits per heavy atom. The van der Waals surface area contributed by atoms with Crippen molar-refractivity contribution in [3.8, 4) is 0 Å². The number of carbonyl (C=O) groups is 2. The predicted octanol–water partition coefficient (Wildman–Crippen LogP) is 1.42. The average molecular weight is 230 g/mol. The van der Waals surface area contributed by atoms with Gasteiger partial charge in [-0.25, -0.2) is 0 Å². The quantitative estimate of drug-likeness (QED) is 0.793. The summed E-state index contributed by atoms with van der Waals surface area (Å²) in [7, 11) is 0. The normalized spacial score (nSPS) is 18.1. The third-order valence-corrected chi connectivity index (χ3v) is 3.37. The Morgan fingerprint density at radius 2 is 2.00 bits per heavy atom. The fourth-order valence-electron chi connectivity index (χ4n) is 2.47. The van der Waals surface area contributed by atoms with Gasteiger partial charge in [-0.15, -0.1) is 0 Å². The van der Waals surface area contributed by atoms with E-state index in [2.05, 4.69) is 5.32 Å². The molecule has 0 aliphatic carbocycles. The zero-order valence-corrected chi connectivity index (χ0v) is 9.53. The van der Waals surface area contributed by atoms with Crippen LogP contribution in [-0.2, 0) is 11.2 Å². The zero-order chi connectivity index (χ0) is 11.8. The van der Waals surface area contributed by atoms with Gasteiger partial charge in [-0.1, -0.05) is 0 Å². The lowest BCUT2D eigenvalue weighted by atomic mass is 10.1. The van der Waals surface area contributed by atoms with Gasteiger partial charge in [0, 0.05) is 24.3 Å². The molecule has 4 nitrogen and oxygen atoms in total. The summed E-state index contributed by atoms with van der Waals surface area (Å²) in [5.41, 5.74) is 2.47. The molecule has 0 radical (unpaired) electrons. The van der Waals surface area contributed by atoms with E-state index in [0.717, 1.165) is 37.2 Å². The monoisotopic (exact) mass is 230 g/mol. The lowest BCUT2D eigenvalue weighted by molar-refractivity contribution is -0.115. The number of hydrogen-bond acceptors (Lipinski definition) is 2. The van der Waals surface area contributed by atoms with E-state index >= 15 is 0 Å². The maximum absolute atomic E-state index is 12.1. The van der Waals surface area contributed by atoms with Crippen molar-refractivity contribution in [1.29, 1.82) is 0 Å². The van der Waals surface area contributed by atoms with E-state index in [4.69, 9.17) is 0 Å². The maximum Gasteiger partial charge on any atom is 0.253 e. The van der Waals surface area contributed by atoms with E-state index in [1.54, 1.807) is 6.07 Å². The van der Waals surface area contributed by atoms with Crippen molar-refractivity contribution >= 4 is 17.5 Å². The summed E-state index contributed by atoms with van der Waals surface area (Å²) in [4.78, 5) is 25.3. The first-order valence-corrected chi connectivity index (χ1v) is 5.96. The SMILES string of the molecule is O=C1Cc2cc(C(=O)N3CCCC3)ccc2N1. The van der Waals surface area contributed by atoms with E-state index in [9.17, 15) is 9.59 Å². The fraction of sp³-hybridized carbons (Fsp3) is 0.385. The Hall–Kier alpha value is -1.84. The molecule has 1 N–H and O–H groups in total. The molecule has 0 unspecified atom stereocenters. The van der Waals surface area contributed by atoms with E-state index in [0.29, 0.717) is 12.0 Å². The molecule has 1 fully saturated rings. The average Bonchev–Trinajstić information content (AvgIpc) is 2.94. The van der Waals surface area contributed by atoms with Crippen LogP contribution in [0.15, 0.2) is 18.2 Å². The molecule has 88 valence electrons. The van der Waals surface area contributed by atoms with E-state index in [1.165, 1.54) is 0 Å². The standard InChI is InChI=1S/C13H14N2O2/c16-12-8-10-7-9(3-4-11(10)14-12)13(17)15-5-1-2-6-15/h3-4,7H,1-2,5-6,8H2,(H,14,16). The van der Waals surface area contributed by atoms with Gasteiger partial charge in [-0.05, 0) is 36.6 Å². The molecule has 2 aliphatic rings. The number of fused-ring (bicyclic) bond motifs is 1. The molecule has 1 saturated heterocycles. The summed E-state index contributed by atoms with van der Waals surface area (Å²) in [6, 6.07) is 5.46. The van der Waals surface area contributed by atoms with Crippen molar-refractivity contribution < 1.29 is 9.59 Å². The third-order valence-electron chi connectivity index (χ3n) is 3.37. The minimum Gasteiger partial charge on any atom is -0.339 e. The van der Waals surface area contributed by atoms with E-state index in [1.807, 2.05) is 17.0 Å². The Bertz CT molecular complexity index is 490. The van der Waals surface area contributed by atoms with Crippen LogP contribution in [0.4, 0.5) is 5.69 Å². The van der Waals surface area contributed by atoms with Gasteiger partial charge in [-0.2, -0.15) is 0 Å². The molecular formula is C13H14N2O2. The van der Waals surface area contributed by atoms with Crippen LogP contribution in [0.25, 0.3) is 0 Å². The number of rotatable bonds is 1. The van der Waals surface area contributed by atoms with Crippen molar-refractivity contribution in [1.82, 2.24) is 4.90 Å². The summed E-state index contributed by atoms with van der Waals surface area (Å²) in [5.74, 6) is 0.0930. The topological polar surface area (TPSA) is 49.4 Å². The first-order chi connectivity index (χ1) is 8.24. The van der Waals surface area contributed by atoms with Gasteiger partial charge in [0.15, 0.2) is 0 Å². The van der Waals surface area contributed by atoms with Gasteiger partial charge < -0.3 is 10.2 Å². The molecule has 2 aliphatic heterocycles. The molecule has 0 saturated carbocycles. The molecule has 0 aromatic heterocycles. The van der Waals surface area contributed by atoms with Crippen molar-refractivity contribution in [2.75, 3.05) is 18.4 Å². The second-order valence-electron chi connectivity index (χ2n) is 4.60. The highest BCUT2D eigenvalue weighted by atomic mass is 16.2. The number of benzene rings is 1. The highest BCUT2D eigenvalue weighted by Gasteiger charge is 2.23. The van der Waals surface area contributed by atoms with Gasteiger partial charge in [0.1, 0.15) is 0 Å². The minimum atomic E-state index is 0.00534. The van der Waals surface area contributed by atoms with Gasteiger partial charge in [0.05, 0.1) is 6.42 Å². The summed E-state index contributed by atoms with van der Waals surface area (Å²) in [6.45, 7) is 1.71. The zero-order valence-electron chi connectivity index (χ0n) is 9.53.